The number of likely N-dealkylation sites (tertiary alicyclic amines) is 1. The molecule has 1 aliphatic rings. The fourth-order valence-electron chi connectivity index (χ4n) is 2.49. The molecule has 0 bridgehead atoms. The van der Waals surface area contributed by atoms with Gasteiger partial charge in [-0.05, 0) is 12.3 Å². The Kier molecular flexibility index (Phi) is 4.97. The molecule has 7 heteroatoms. The fourth-order valence-corrected chi connectivity index (χ4v) is 2.49. The van der Waals surface area contributed by atoms with Gasteiger partial charge in [-0.15, -0.1) is 0 Å². The van der Waals surface area contributed by atoms with E-state index in [-0.39, 0.29) is 30.9 Å². The number of nitrogens with one attached hydrogen (secondary N) is 1. The molecule has 0 aliphatic carbocycles. The lowest BCUT2D eigenvalue weighted by molar-refractivity contribution is -0.150. The van der Waals surface area contributed by atoms with Crippen LogP contribution in [-0.4, -0.2) is 66.5 Å². The van der Waals surface area contributed by atoms with Crippen LogP contribution in [0.2, 0.25) is 0 Å². The van der Waals surface area contributed by atoms with E-state index < -0.39 is 11.4 Å². The largest absolute Gasteiger partial charge is 0.481 e. The molecule has 7 nitrogen and oxygen atoms in total. The van der Waals surface area contributed by atoms with E-state index in [0.29, 0.717) is 13.0 Å². The van der Waals surface area contributed by atoms with Crippen LogP contribution < -0.4 is 5.32 Å². The van der Waals surface area contributed by atoms with Crippen LogP contribution in [0, 0.1) is 11.3 Å². The van der Waals surface area contributed by atoms with E-state index >= 15 is 0 Å². The van der Waals surface area contributed by atoms with Crippen molar-refractivity contribution in [2.45, 2.75) is 20.3 Å². The zero-order valence-corrected chi connectivity index (χ0v) is 12.5. The van der Waals surface area contributed by atoms with Crippen molar-refractivity contribution >= 4 is 17.9 Å². The first-order chi connectivity index (χ1) is 9.24. The van der Waals surface area contributed by atoms with Gasteiger partial charge in [0.15, 0.2) is 0 Å². The Morgan fingerprint density at radius 1 is 1.40 bits per heavy atom. The number of hydrogen-bond acceptors (Lipinski definition) is 3. The first-order valence-electron chi connectivity index (χ1n) is 6.68. The molecule has 0 aromatic rings. The summed E-state index contributed by atoms with van der Waals surface area (Å²) in [6.07, 6.45) is 0.444. The van der Waals surface area contributed by atoms with Crippen molar-refractivity contribution in [3.05, 3.63) is 0 Å². The number of carboxylic acid groups (broad SMARTS) is 1. The Morgan fingerprint density at radius 3 is 2.40 bits per heavy atom. The number of carbonyl (C=O) groups excluding carboxylic acids is 2. The zero-order chi connectivity index (χ0) is 15.5. The molecule has 2 N–H and O–H groups in total. The minimum Gasteiger partial charge on any atom is -0.481 e. The molecule has 114 valence electrons. The first-order valence-corrected chi connectivity index (χ1v) is 6.68. The number of hydrogen-bond donors (Lipinski definition) is 2. The highest BCUT2D eigenvalue weighted by molar-refractivity contribution is 5.84. The van der Waals surface area contributed by atoms with Crippen molar-refractivity contribution in [1.82, 2.24) is 15.1 Å². The predicted molar refractivity (Wildman–Crippen MR) is 73.2 cm³/mol. The molecule has 0 radical (unpaired) electrons. The molecule has 1 rings (SSSR count). The van der Waals surface area contributed by atoms with Gasteiger partial charge in [0.1, 0.15) is 6.54 Å². The molecular formula is C13H23N3O4. The highest BCUT2D eigenvalue weighted by Crippen LogP contribution is 2.38. The molecule has 1 fully saturated rings. The van der Waals surface area contributed by atoms with Gasteiger partial charge < -0.3 is 20.2 Å². The van der Waals surface area contributed by atoms with Gasteiger partial charge in [0.05, 0.1) is 5.41 Å². The SMILES string of the molecule is CNC(=O)CN(C)C(=O)N1CCC(C(=O)O)(C(C)C)C1. The quantitative estimate of drug-likeness (QED) is 0.773. The van der Waals surface area contributed by atoms with E-state index in [9.17, 15) is 19.5 Å². The Morgan fingerprint density at radius 2 is 2.00 bits per heavy atom. The van der Waals surface area contributed by atoms with Crippen LogP contribution in [0.5, 0.6) is 0 Å². The molecule has 20 heavy (non-hydrogen) atoms. The second kappa shape index (κ2) is 6.11. The van der Waals surface area contributed by atoms with Gasteiger partial charge in [0, 0.05) is 27.2 Å². The average Bonchev–Trinajstić information content (AvgIpc) is 2.83. The second-order valence-electron chi connectivity index (χ2n) is 5.60. The molecule has 0 spiro atoms. The van der Waals surface area contributed by atoms with Crippen molar-refractivity contribution in [3.63, 3.8) is 0 Å². The van der Waals surface area contributed by atoms with Crippen LogP contribution in [-0.2, 0) is 9.59 Å². The number of carboxylic acids is 1. The third-order valence-electron chi connectivity index (χ3n) is 4.09. The average molecular weight is 285 g/mol. The summed E-state index contributed by atoms with van der Waals surface area (Å²) in [7, 11) is 3.04. The van der Waals surface area contributed by atoms with Crippen LogP contribution in [0.15, 0.2) is 0 Å². The standard InChI is InChI=1S/C13H23N3O4/c1-9(2)13(11(18)19)5-6-16(8-13)12(20)15(4)7-10(17)14-3/h9H,5-8H2,1-4H3,(H,14,17)(H,18,19). The number of carbonyl (C=O) groups is 3. The van der Waals surface area contributed by atoms with Crippen LogP contribution in [0.1, 0.15) is 20.3 Å². The van der Waals surface area contributed by atoms with E-state index in [1.54, 1.807) is 0 Å². The minimum absolute atomic E-state index is 0.0341. The second-order valence-corrected chi connectivity index (χ2v) is 5.60. The molecule has 1 heterocycles. The lowest BCUT2D eigenvalue weighted by Gasteiger charge is -2.30. The van der Waals surface area contributed by atoms with Gasteiger partial charge in [-0.2, -0.15) is 0 Å². The Labute approximate surface area is 118 Å². The number of aliphatic carboxylic acids is 1. The monoisotopic (exact) mass is 285 g/mol. The van der Waals surface area contributed by atoms with Crippen molar-refractivity contribution < 1.29 is 19.5 Å². The van der Waals surface area contributed by atoms with E-state index in [1.165, 1.54) is 23.9 Å². The molecule has 0 aromatic heterocycles. The summed E-state index contributed by atoms with van der Waals surface area (Å²) in [4.78, 5) is 37.8. The van der Waals surface area contributed by atoms with Gasteiger partial charge in [0.2, 0.25) is 5.91 Å². The van der Waals surface area contributed by atoms with E-state index in [2.05, 4.69) is 5.32 Å². The number of urea groups is 1. The molecule has 1 saturated heterocycles. The smallest absolute Gasteiger partial charge is 0.320 e. The van der Waals surface area contributed by atoms with Crippen molar-refractivity contribution in [3.8, 4) is 0 Å². The summed E-state index contributed by atoms with van der Waals surface area (Å²) < 4.78 is 0. The highest BCUT2D eigenvalue weighted by Gasteiger charge is 2.48. The maximum atomic E-state index is 12.2. The predicted octanol–water partition coefficient (Wildman–Crippen LogP) is 0.217. The zero-order valence-electron chi connectivity index (χ0n) is 12.5. The molecular weight excluding hydrogens is 262 g/mol. The van der Waals surface area contributed by atoms with Crippen LogP contribution in [0.4, 0.5) is 4.79 Å². The van der Waals surface area contributed by atoms with E-state index in [4.69, 9.17) is 0 Å². The Bertz CT molecular complexity index is 410. The van der Waals surface area contributed by atoms with Crippen LogP contribution in [0.25, 0.3) is 0 Å². The number of amides is 3. The topological polar surface area (TPSA) is 90.0 Å². The molecule has 3 amide bonds. The summed E-state index contributed by atoms with van der Waals surface area (Å²) in [6, 6.07) is -0.308. The summed E-state index contributed by atoms with van der Waals surface area (Å²) >= 11 is 0. The van der Waals surface area contributed by atoms with Crippen LogP contribution >= 0.6 is 0 Å². The summed E-state index contributed by atoms with van der Waals surface area (Å²) in [5.41, 5.74) is -0.885. The Hall–Kier alpha value is -1.79. The molecule has 1 aliphatic heterocycles. The summed E-state index contributed by atoms with van der Waals surface area (Å²) in [6.45, 7) is 4.28. The lowest BCUT2D eigenvalue weighted by Crippen LogP contribution is -2.46. The highest BCUT2D eigenvalue weighted by atomic mass is 16.4. The summed E-state index contributed by atoms with van der Waals surface area (Å²) in [5.74, 6) is -1.17. The van der Waals surface area contributed by atoms with Gasteiger partial charge >= 0.3 is 12.0 Å². The molecule has 1 unspecified atom stereocenters. The number of likely N-dealkylation sites (N-methyl/N-ethyl adjacent to an activating group) is 2. The van der Waals surface area contributed by atoms with E-state index in [0.717, 1.165) is 0 Å². The van der Waals surface area contributed by atoms with Gasteiger partial charge in [-0.25, -0.2) is 4.79 Å². The lowest BCUT2D eigenvalue weighted by atomic mass is 9.76. The fraction of sp³-hybridized carbons (Fsp3) is 0.769. The van der Waals surface area contributed by atoms with Gasteiger partial charge in [0.25, 0.3) is 0 Å². The summed E-state index contributed by atoms with van der Waals surface area (Å²) in [5, 5.41) is 11.9. The maximum Gasteiger partial charge on any atom is 0.320 e. The number of rotatable bonds is 4. The van der Waals surface area contributed by atoms with Crippen molar-refractivity contribution in [2.75, 3.05) is 33.7 Å². The van der Waals surface area contributed by atoms with Crippen molar-refractivity contribution in [2.24, 2.45) is 11.3 Å². The third kappa shape index (κ3) is 3.02. The van der Waals surface area contributed by atoms with Crippen molar-refractivity contribution in [1.29, 1.82) is 0 Å². The van der Waals surface area contributed by atoms with Gasteiger partial charge in [-0.3, -0.25) is 9.59 Å². The first kappa shape index (κ1) is 16.3. The van der Waals surface area contributed by atoms with Crippen LogP contribution in [0.3, 0.4) is 0 Å². The third-order valence-corrected chi connectivity index (χ3v) is 4.09. The number of nitrogens with zero attached hydrogens (tertiary/aromatic N) is 2. The van der Waals surface area contributed by atoms with E-state index in [1.807, 2.05) is 13.8 Å². The molecule has 0 saturated carbocycles. The molecule has 0 aromatic carbocycles. The van der Waals surface area contributed by atoms with Gasteiger partial charge in [-0.1, -0.05) is 13.8 Å². The molecule has 1 atom stereocenters. The maximum absolute atomic E-state index is 12.2. The Balaban J connectivity index is 2.74. The minimum atomic E-state index is -0.885. The normalized spacial score (nSPS) is 21.9.